The first kappa shape index (κ1) is 13.9. The van der Waals surface area contributed by atoms with E-state index >= 15 is 0 Å². The molecule has 2 aromatic rings. The number of pyridine rings is 1. The van der Waals surface area contributed by atoms with E-state index in [4.69, 9.17) is 0 Å². The van der Waals surface area contributed by atoms with Crippen LogP contribution in [0.5, 0.6) is 0 Å². The molecule has 0 atom stereocenters. The minimum atomic E-state index is -3.74. The van der Waals surface area contributed by atoms with Crippen molar-refractivity contribution in [2.45, 2.75) is 9.79 Å². The van der Waals surface area contributed by atoms with Crippen molar-refractivity contribution in [2.75, 3.05) is 15.8 Å². The minimum Gasteiger partial charge on any atom is -0.324 e. The second kappa shape index (κ2) is 5.38. The predicted octanol–water partition coefficient (Wildman–Crippen LogP) is 1.93. The summed E-state index contributed by atoms with van der Waals surface area (Å²) in [6.45, 7) is 0. The molecule has 0 unspecified atom stereocenters. The van der Waals surface area contributed by atoms with Crippen LogP contribution in [0, 0.1) is 0 Å². The van der Waals surface area contributed by atoms with E-state index in [0.29, 0.717) is 11.4 Å². The van der Waals surface area contributed by atoms with Gasteiger partial charge in [-0.3, -0.25) is 9.52 Å². The fraction of sp³-hybridized carbons (Fsp3) is 0.0769. The van der Waals surface area contributed by atoms with Crippen molar-refractivity contribution in [1.29, 1.82) is 0 Å². The highest BCUT2D eigenvalue weighted by Gasteiger charge is 2.20. The Morgan fingerprint density at radius 3 is 2.86 bits per heavy atom. The third-order valence-corrected chi connectivity index (χ3v) is 5.22. The Balaban J connectivity index is 1.93. The fourth-order valence-corrected chi connectivity index (χ4v) is 3.67. The summed E-state index contributed by atoms with van der Waals surface area (Å²) in [7, 11) is -3.74. The van der Waals surface area contributed by atoms with E-state index in [1.807, 2.05) is 0 Å². The van der Waals surface area contributed by atoms with Crippen molar-refractivity contribution >= 4 is 39.2 Å². The van der Waals surface area contributed by atoms with E-state index in [1.165, 1.54) is 30.1 Å². The van der Waals surface area contributed by atoms with Crippen molar-refractivity contribution in [3.63, 3.8) is 0 Å². The first-order valence-electron chi connectivity index (χ1n) is 6.05. The highest BCUT2D eigenvalue weighted by atomic mass is 32.2. The van der Waals surface area contributed by atoms with Crippen LogP contribution in [-0.4, -0.2) is 25.1 Å². The summed E-state index contributed by atoms with van der Waals surface area (Å²) in [5.74, 6) is 0.444. The summed E-state index contributed by atoms with van der Waals surface area (Å²) in [5.41, 5.74) is 0.514. The van der Waals surface area contributed by atoms with Crippen LogP contribution in [0.15, 0.2) is 52.4 Å². The van der Waals surface area contributed by atoms with Crippen molar-refractivity contribution in [3.8, 4) is 0 Å². The zero-order chi connectivity index (χ0) is 14.9. The lowest BCUT2D eigenvalue weighted by Gasteiger charge is -2.17. The first-order chi connectivity index (χ1) is 10.0. The van der Waals surface area contributed by atoms with Gasteiger partial charge in [0.05, 0.1) is 16.3 Å². The summed E-state index contributed by atoms with van der Waals surface area (Å²) in [6, 6.07) is 9.59. The molecule has 8 heteroatoms. The third kappa shape index (κ3) is 3.01. The molecule has 0 fully saturated rings. The lowest BCUT2D eigenvalue weighted by molar-refractivity contribution is -0.113. The molecule has 0 saturated heterocycles. The summed E-state index contributed by atoms with van der Waals surface area (Å²) < 4.78 is 27.0. The quantitative estimate of drug-likeness (QED) is 0.902. The van der Waals surface area contributed by atoms with Gasteiger partial charge in [-0.15, -0.1) is 11.8 Å². The maximum absolute atomic E-state index is 12.3. The van der Waals surface area contributed by atoms with Crippen LogP contribution in [0.2, 0.25) is 0 Å². The van der Waals surface area contributed by atoms with Gasteiger partial charge in [-0.1, -0.05) is 6.07 Å². The van der Waals surface area contributed by atoms with Crippen LogP contribution in [0.3, 0.4) is 0 Å². The molecule has 108 valence electrons. The molecule has 1 amide bonds. The molecule has 0 radical (unpaired) electrons. The molecule has 21 heavy (non-hydrogen) atoms. The summed E-state index contributed by atoms with van der Waals surface area (Å²) in [5, 5.41) is 2.67. The van der Waals surface area contributed by atoms with E-state index in [0.717, 1.165) is 4.90 Å². The number of nitrogens with zero attached hydrogens (tertiary/aromatic N) is 1. The number of nitrogens with one attached hydrogen (secondary N) is 2. The van der Waals surface area contributed by atoms with Gasteiger partial charge in [-0.2, -0.15) is 0 Å². The van der Waals surface area contributed by atoms with Crippen LogP contribution in [0.25, 0.3) is 0 Å². The van der Waals surface area contributed by atoms with Gasteiger partial charge in [-0.25, -0.2) is 13.4 Å². The van der Waals surface area contributed by atoms with Crippen molar-refractivity contribution in [3.05, 3.63) is 42.6 Å². The normalized spacial score (nSPS) is 14.2. The predicted molar refractivity (Wildman–Crippen MR) is 80.8 cm³/mol. The number of thioether (sulfide) groups is 1. The van der Waals surface area contributed by atoms with E-state index in [-0.39, 0.29) is 16.6 Å². The van der Waals surface area contributed by atoms with Gasteiger partial charge in [0, 0.05) is 11.1 Å². The topological polar surface area (TPSA) is 88.2 Å². The number of hydrogen-bond acceptors (Lipinski definition) is 5. The number of anilines is 2. The molecule has 0 spiro atoms. The van der Waals surface area contributed by atoms with Crippen LogP contribution < -0.4 is 10.0 Å². The number of amides is 1. The number of hydrogen-bond donors (Lipinski definition) is 2. The molecule has 0 bridgehead atoms. The molecule has 0 saturated carbocycles. The molecule has 2 heterocycles. The summed E-state index contributed by atoms with van der Waals surface area (Å²) in [6.07, 6.45) is 1.50. The van der Waals surface area contributed by atoms with E-state index in [1.54, 1.807) is 24.3 Å². The second-order valence-electron chi connectivity index (χ2n) is 4.32. The number of sulfonamides is 1. The highest BCUT2D eigenvalue weighted by molar-refractivity contribution is 8.00. The van der Waals surface area contributed by atoms with Crippen LogP contribution in [0.1, 0.15) is 0 Å². The van der Waals surface area contributed by atoms with E-state index in [2.05, 4.69) is 15.0 Å². The molecule has 1 aromatic carbocycles. The van der Waals surface area contributed by atoms with Gasteiger partial charge >= 0.3 is 0 Å². The number of carbonyl (C=O) groups excluding carboxylic acids is 1. The number of rotatable bonds is 3. The van der Waals surface area contributed by atoms with Crippen molar-refractivity contribution in [2.24, 2.45) is 0 Å². The van der Waals surface area contributed by atoms with Gasteiger partial charge in [0.25, 0.3) is 10.0 Å². The van der Waals surface area contributed by atoms with Crippen LogP contribution >= 0.6 is 11.8 Å². The lowest BCUT2D eigenvalue weighted by atomic mass is 10.3. The second-order valence-corrected chi connectivity index (χ2v) is 7.01. The molecule has 1 aliphatic rings. The average molecular weight is 321 g/mol. The Hall–Kier alpha value is -2.06. The number of aromatic nitrogens is 1. The minimum absolute atomic E-state index is 0.0784. The molecule has 0 aliphatic carbocycles. The molecule has 6 nitrogen and oxygen atoms in total. The fourth-order valence-electron chi connectivity index (χ4n) is 1.85. The first-order valence-corrected chi connectivity index (χ1v) is 8.52. The molecule has 3 rings (SSSR count). The smallest absolute Gasteiger partial charge is 0.263 e. The van der Waals surface area contributed by atoms with Gasteiger partial charge in [0.15, 0.2) is 0 Å². The molecule has 2 N–H and O–H groups in total. The van der Waals surface area contributed by atoms with Crippen molar-refractivity contribution < 1.29 is 13.2 Å². The zero-order valence-corrected chi connectivity index (χ0v) is 12.4. The van der Waals surface area contributed by atoms with E-state index < -0.39 is 10.0 Å². The Bertz CT molecular complexity index is 792. The monoisotopic (exact) mass is 321 g/mol. The van der Waals surface area contributed by atoms with Crippen LogP contribution in [-0.2, 0) is 14.8 Å². The third-order valence-electron chi connectivity index (χ3n) is 2.80. The van der Waals surface area contributed by atoms with Gasteiger partial charge in [-0.05, 0) is 30.3 Å². The highest BCUT2D eigenvalue weighted by Crippen LogP contribution is 2.33. The molecule has 1 aliphatic heterocycles. The standard InChI is InChI=1S/C13H11N3O3S2/c17-13-8-20-11-5-4-9(7-10(11)15-13)21(18,19)16-12-3-1-2-6-14-12/h1-7H,8H2,(H,14,16)(H,15,17). The summed E-state index contributed by atoms with van der Waals surface area (Å²) in [4.78, 5) is 16.2. The SMILES string of the molecule is O=C1CSc2ccc(S(=O)(=O)Nc3ccccn3)cc2N1. The van der Waals surface area contributed by atoms with Gasteiger partial charge in [0.1, 0.15) is 5.82 Å². The average Bonchev–Trinajstić information content (AvgIpc) is 2.47. The Morgan fingerprint density at radius 2 is 2.10 bits per heavy atom. The number of fused-ring (bicyclic) bond motifs is 1. The van der Waals surface area contributed by atoms with Crippen molar-refractivity contribution in [1.82, 2.24) is 4.98 Å². The Morgan fingerprint density at radius 1 is 1.24 bits per heavy atom. The summed E-state index contributed by atoms with van der Waals surface area (Å²) >= 11 is 1.38. The van der Waals surface area contributed by atoms with Gasteiger partial charge in [0.2, 0.25) is 5.91 Å². The Labute approximate surface area is 126 Å². The lowest BCUT2D eigenvalue weighted by Crippen LogP contribution is -2.20. The van der Waals surface area contributed by atoms with Gasteiger partial charge < -0.3 is 5.32 Å². The maximum Gasteiger partial charge on any atom is 0.263 e. The zero-order valence-electron chi connectivity index (χ0n) is 10.7. The Kier molecular flexibility index (Phi) is 3.56. The molecule has 1 aromatic heterocycles. The largest absolute Gasteiger partial charge is 0.324 e. The number of benzene rings is 1. The number of carbonyl (C=O) groups is 1. The van der Waals surface area contributed by atoms with E-state index in [9.17, 15) is 13.2 Å². The maximum atomic E-state index is 12.3. The van der Waals surface area contributed by atoms with Crippen LogP contribution in [0.4, 0.5) is 11.5 Å². The molecular formula is C13H11N3O3S2. The molecular weight excluding hydrogens is 310 g/mol.